The Hall–Kier alpha value is -0.580. The fourth-order valence-electron chi connectivity index (χ4n) is 1.37. The molecular formula is C8H12FN. The second-order valence-electron chi connectivity index (χ2n) is 3.52. The minimum Gasteiger partial charge on any atom is -0.243 e. The predicted molar refractivity (Wildman–Crippen MR) is 37.1 cm³/mol. The second-order valence-corrected chi connectivity index (χ2v) is 3.52. The molecule has 1 saturated carbocycles. The van der Waals surface area contributed by atoms with Crippen LogP contribution in [0.15, 0.2) is 0 Å². The highest BCUT2D eigenvalue weighted by Gasteiger charge is 2.50. The first-order valence-corrected chi connectivity index (χ1v) is 3.62. The summed E-state index contributed by atoms with van der Waals surface area (Å²) in [6, 6.07) is 2.08. The summed E-state index contributed by atoms with van der Waals surface area (Å²) in [6.07, 6.45) is 2.46. The summed E-state index contributed by atoms with van der Waals surface area (Å²) in [6.45, 7) is 2.99. The number of halogens is 1. The molecule has 0 bridgehead atoms. The van der Waals surface area contributed by atoms with E-state index in [1.54, 1.807) is 0 Å². The van der Waals surface area contributed by atoms with Gasteiger partial charge in [-0.2, -0.15) is 5.26 Å². The fraction of sp³-hybridized carbons (Fsp3) is 0.875. The summed E-state index contributed by atoms with van der Waals surface area (Å²) < 4.78 is 13.3. The van der Waals surface area contributed by atoms with Crippen LogP contribution in [0.1, 0.15) is 33.1 Å². The summed E-state index contributed by atoms with van der Waals surface area (Å²) in [7, 11) is 0. The highest BCUT2D eigenvalue weighted by atomic mass is 19.1. The van der Waals surface area contributed by atoms with E-state index in [9.17, 15) is 4.39 Å². The Morgan fingerprint density at radius 1 is 1.50 bits per heavy atom. The first-order chi connectivity index (χ1) is 4.52. The molecule has 0 N–H and O–H groups in total. The van der Waals surface area contributed by atoms with Crippen LogP contribution < -0.4 is 0 Å². The third-order valence-corrected chi connectivity index (χ3v) is 2.56. The Labute approximate surface area is 60.8 Å². The van der Waals surface area contributed by atoms with E-state index in [0.29, 0.717) is 0 Å². The summed E-state index contributed by atoms with van der Waals surface area (Å²) in [5.41, 5.74) is -1.98. The summed E-state index contributed by atoms with van der Waals surface area (Å²) in [4.78, 5) is 0. The van der Waals surface area contributed by atoms with Crippen molar-refractivity contribution in [1.29, 1.82) is 5.26 Å². The van der Waals surface area contributed by atoms with Crippen LogP contribution in [0.4, 0.5) is 4.39 Å². The van der Waals surface area contributed by atoms with E-state index >= 15 is 0 Å². The van der Waals surface area contributed by atoms with Gasteiger partial charge >= 0.3 is 0 Å². The maximum atomic E-state index is 13.3. The van der Waals surface area contributed by atoms with Gasteiger partial charge < -0.3 is 0 Å². The summed E-state index contributed by atoms with van der Waals surface area (Å²) in [5, 5.41) is 8.68. The molecule has 0 aromatic heterocycles. The Morgan fingerprint density at radius 3 is 2.00 bits per heavy atom. The molecule has 0 radical (unpaired) electrons. The van der Waals surface area contributed by atoms with E-state index in [0.717, 1.165) is 19.3 Å². The third-order valence-electron chi connectivity index (χ3n) is 2.56. The Kier molecular flexibility index (Phi) is 1.47. The van der Waals surface area contributed by atoms with Crippen LogP contribution in [0.25, 0.3) is 0 Å². The zero-order valence-corrected chi connectivity index (χ0v) is 6.45. The average Bonchev–Trinajstić information content (AvgIpc) is 1.58. The molecule has 1 aliphatic carbocycles. The molecule has 0 unspecified atom stereocenters. The van der Waals surface area contributed by atoms with Crippen LogP contribution >= 0.6 is 0 Å². The van der Waals surface area contributed by atoms with E-state index < -0.39 is 11.1 Å². The molecule has 0 aromatic carbocycles. The number of alkyl halides is 1. The highest BCUT2D eigenvalue weighted by molar-refractivity contribution is 5.12. The van der Waals surface area contributed by atoms with E-state index in [2.05, 4.69) is 6.07 Å². The number of rotatable bonds is 1. The SMILES string of the molecule is CC(C)(F)C1(C#N)CCC1. The lowest BCUT2D eigenvalue weighted by molar-refractivity contribution is 0.00572. The number of nitriles is 1. The molecule has 0 saturated heterocycles. The molecule has 1 rings (SSSR count). The van der Waals surface area contributed by atoms with Crippen LogP contribution in [-0.2, 0) is 0 Å². The van der Waals surface area contributed by atoms with Crippen molar-refractivity contribution in [3.8, 4) is 6.07 Å². The van der Waals surface area contributed by atoms with Gasteiger partial charge in [-0.15, -0.1) is 0 Å². The molecule has 1 aliphatic rings. The number of hydrogen-bond donors (Lipinski definition) is 0. The van der Waals surface area contributed by atoms with E-state index in [4.69, 9.17) is 5.26 Å². The lowest BCUT2D eigenvalue weighted by atomic mass is 9.62. The van der Waals surface area contributed by atoms with Crippen molar-refractivity contribution in [2.75, 3.05) is 0 Å². The molecule has 0 atom stereocenters. The lowest BCUT2D eigenvalue weighted by Gasteiger charge is -2.42. The van der Waals surface area contributed by atoms with E-state index in [1.807, 2.05) is 0 Å². The maximum absolute atomic E-state index is 13.3. The molecule has 2 heteroatoms. The van der Waals surface area contributed by atoms with Gasteiger partial charge in [0.15, 0.2) is 0 Å². The second kappa shape index (κ2) is 1.95. The zero-order chi connectivity index (χ0) is 7.83. The minimum absolute atomic E-state index is 0.660. The molecule has 1 nitrogen and oxygen atoms in total. The van der Waals surface area contributed by atoms with Gasteiger partial charge in [0.25, 0.3) is 0 Å². The monoisotopic (exact) mass is 141 g/mol. The number of hydrogen-bond acceptors (Lipinski definition) is 1. The van der Waals surface area contributed by atoms with Crippen molar-refractivity contribution < 1.29 is 4.39 Å². The van der Waals surface area contributed by atoms with Gasteiger partial charge in [-0.1, -0.05) is 6.42 Å². The van der Waals surface area contributed by atoms with Crippen molar-refractivity contribution in [1.82, 2.24) is 0 Å². The molecule has 0 spiro atoms. The number of nitrogens with zero attached hydrogens (tertiary/aromatic N) is 1. The van der Waals surface area contributed by atoms with Gasteiger partial charge in [0.2, 0.25) is 0 Å². The fourth-order valence-corrected chi connectivity index (χ4v) is 1.37. The third kappa shape index (κ3) is 0.811. The largest absolute Gasteiger partial charge is 0.243 e. The molecule has 10 heavy (non-hydrogen) atoms. The molecule has 0 aromatic rings. The first kappa shape index (κ1) is 7.53. The van der Waals surface area contributed by atoms with Crippen molar-refractivity contribution in [3.05, 3.63) is 0 Å². The van der Waals surface area contributed by atoms with Gasteiger partial charge in [-0.05, 0) is 26.7 Å². The van der Waals surface area contributed by atoms with Gasteiger partial charge in [0.1, 0.15) is 5.67 Å². The molecule has 0 aliphatic heterocycles. The molecule has 0 amide bonds. The van der Waals surface area contributed by atoms with Gasteiger partial charge in [-0.3, -0.25) is 0 Å². The molecule has 56 valence electrons. The minimum atomic E-state index is -1.32. The maximum Gasteiger partial charge on any atom is 0.124 e. The van der Waals surface area contributed by atoms with Crippen molar-refractivity contribution in [2.24, 2.45) is 5.41 Å². The standard InChI is InChI=1S/C8H12FN/c1-7(2,9)8(6-10)4-3-5-8/h3-5H2,1-2H3. The van der Waals surface area contributed by atoms with Gasteiger partial charge in [0, 0.05) is 0 Å². The average molecular weight is 141 g/mol. The normalized spacial score (nSPS) is 23.0. The smallest absolute Gasteiger partial charge is 0.124 e. The van der Waals surface area contributed by atoms with Crippen LogP contribution in [0.2, 0.25) is 0 Å². The molecular weight excluding hydrogens is 129 g/mol. The van der Waals surface area contributed by atoms with Crippen LogP contribution in [-0.4, -0.2) is 5.67 Å². The van der Waals surface area contributed by atoms with E-state index in [-0.39, 0.29) is 0 Å². The first-order valence-electron chi connectivity index (χ1n) is 3.62. The Balaban J connectivity index is 2.77. The van der Waals surface area contributed by atoms with Crippen LogP contribution in [0.3, 0.4) is 0 Å². The van der Waals surface area contributed by atoms with Crippen molar-refractivity contribution in [2.45, 2.75) is 38.8 Å². The van der Waals surface area contributed by atoms with Crippen molar-refractivity contribution in [3.63, 3.8) is 0 Å². The van der Waals surface area contributed by atoms with Crippen molar-refractivity contribution >= 4 is 0 Å². The van der Waals surface area contributed by atoms with Crippen LogP contribution in [0.5, 0.6) is 0 Å². The van der Waals surface area contributed by atoms with Gasteiger partial charge in [0.05, 0.1) is 11.5 Å². The van der Waals surface area contributed by atoms with E-state index in [1.165, 1.54) is 13.8 Å². The topological polar surface area (TPSA) is 23.8 Å². The van der Waals surface area contributed by atoms with Crippen LogP contribution in [0, 0.1) is 16.7 Å². The lowest BCUT2D eigenvalue weighted by Crippen LogP contribution is -2.44. The molecule has 0 heterocycles. The highest BCUT2D eigenvalue weighted by Crippen LogP contribution is 2.50. The summed E-state index contributed by atoms with van der Waals surface area (Å²) >= 11 is 0. The molecule has 1 fully saturated rings. The zero-order valence-electron chi connectivity index (χ0n) is 6.45. The Bertz CT molecular complexity index is 169. The summed E-state index contributed by atoms with van der Waals surface area (Å²) in [5.74, 6) is 0. The van der Waals surface area contributed by atoms with Gasteiger partial charge in [-0.25, -0.2) is 4.39 Å². The quantitative estimate of drug-likeness (QED) is 0.550. The Morgan fingerprint density at radius 2 is 2.00 bits per heavy atom. The predicted octanol–water partition coefficient (Wildman–Crippen LogP) is 2.43.